The maximum atomic E-state index is 13.6. The molecule has 0 radical (unpaired) electrons. The van der Waals surface area contributed by atoms with Crippen LogP contribution in [-0.4, -0.2) is 21.0 Å². The Labute approximate surface area is 112 Å². The molecule has 0 unspecified atom stereocenters. The van der Waals surface area contributed by atoms with E-state index < -0.39 is 11.8 Å². The van der Waals surface area contributed by atoms with Gasteiger partial charge in [-0.05, 0) is 23.8 Å². The molecule has 2 aromatic rings. The highest BCUT2D eigenvalue weighted by atomic mass is 32.2. The van der Waals surface area contributed by atoms with Crippen molar-refractivity contribution in [1.82, 2.24) is 9.97 Å². The fraction of sp³-hybridized carbons (Fsp3) is 0.0833. The molecule has 98 valence electrons. The number of nitrogens with zero attached hydrogens (tertiary/aromatic N) is 2. The Bertz CT molecular complexity index is 622. The van der Waals surface area contributed by atoms with Gasteiger partial charge in [0.25, 0.3) is 0 Å². The highest BCUT2D eigenvalue weighted by molar-refractivity contribution is 7.98. The van der Waals surface area contributed by atoms with Crippen LogP contribution in [-0.2, 0) is 5.75 Å². The van der Waals surface area contributed by atoms with Crippen molar-refractivity contribution in [2.75, 3.05) is 5.73 Å². The number of thioether (sulfide) groups is 1. The van der Waals surface area contributed by atoms with Gasteiger partial charge < -0.3 is 10.8 Å². The highest BCUT2D eigenvalue weighted by Gasteiger charge is 2.10. The third-order valence-electron chi connectivity index (χ3n) is 2.35. The molecular formula is C12H10FN3O2S. The van der Waals surface area contributed by atoms with E-state index in [1.165, 1.54) is 36.3 Å². The molecule has 0 bridgehead atoms. The van der Waals surface area contributed by atoms with Crippen molar-refractivity contribution in [3.63, 3.8) is 0 Å². The summed E-state index contributed by atoms with van der Waals surface area (Å²) in [6.07, 6.45) is 2.95. The molecule has 0 aliphatic carbocycles. The lowest BCUT2D eigenvalue weighted by Crippen LogP contribution is -2.00. The standard InChI is InChI=1S/C12H10FN3O2S/c13-9-2-1-7(12(17)18)5-8(9)6-19-11-10(14)15-3-4-16-11/h1-5H,6H2,(H2,14,15)(H,17,18). The first kappa shape index (κ1) is 13.3. The predicted molar refractivity (Wildman–Crippen MR) is 69.4 cm³/mol. The van der Waals surface area contributed by atoms with Gasteiger partial charge >= 0.3 is 5.97 Å². The van der Waals surface area contributed by atoms with Crippen LogP contribution in [0.4, 0.5) is 10.2 Å². The number of halogens is 1. The van der Waals surface area contributed by atoms with E-state index in [4.69, 9.17) is 10.8 Å². The summed E-state index contributed by atoms with van der Waals surface area (Å²) in [5, 5.41) is 9.35. The molecule has 0 aliphatic rings. The summed E-state index contributed by atoms with van der Waals surface area (Å²) in [4.78, 5) is 18.7. The minimum absolute atomic E-state index is 0.0455. The number of nitrogen functional groups attached to an aromatic ring is 1. The molecule has 0 spiro atoms. The Kier molecular flexibility index (Phi) is 3.96. The molecule has 0 saturated heterocycles. The zero-order chi connectivity index (χ0) is 13.8. The van der Waals surface area contributed by atoms with Gasteiger partial charge in [-0.15, -0.1) is 0 Å². The van der Waals surface area contributed by atoms with E-state index in [-0.39, 0.29) is 22.7 Å². The number of carboxylic acids is 1. The summed E-state index contributed by atoms with van der Waals surface area (Å²) < 4.78 is 13.6. The Hall–Kier alpha value is -2.15. The number of aromatic carboxylic acids is 1. The van der Waals surface area contributed by atoms with E-state index in [0.29, 0.717) is 5.03 Å². The van der Waals surface area contributed by atoms with Crippen LogP contribution in [0.15, 0.2) is 35.6 Å². The third kappa shape index (κ3) is 3.19. The minimum atomic E-state index is -1.09. The van der Waals surface area contributed by atoms with E-state index in [0.717, 1.165) is 6.07 Å². The lowest BCUT2D eigenvalue weighted by molar-refractivity contribution is 0.0696. The molecule has 7 heteroatoms. The van der Waals surface area contributed by atoms with Gasteiger partial charge in [0, 0.05) is 18.1 Å². The first-order valence-corrected chi connectivity index (χ1v) is 6.27. The van der Waals surface area contributed by atoms with Crippen LogP contribution in [0.5, 0.6) is 0 Å². The van der Waals surface area contributed by atoms with E-state index in [1.54, 1.807) is 0 Å². The SMILES string of the molecule is Nc1nccnc1SCc1cc(C(=O)O)ccc1F. The van der Waals surface area contributed by atoms with Crippen LogP contribution < -0.4 is 5.73 Å². The van der Waals surface area contributed by atoms with E-state index >= 15 is 0 Å². The molecule has 1 aromatic heterocycles. The summed E-state index contributed by atoms with van der Waals surface area (Å²) in [6, 6.07) is 3.67. The normalized spacial score (nSPS) is 10.4. The van der Waals surface area contributed by atoms with Crippen LogP contribution in [0.2, 0.25) is 0 Å². The second-order valence-corrected chi connectivity index (χ2v) is 4.61. The Morgan fingerprint density at radius 2 is 2.11 bits per heavy atom. The first-order valence-electron chi connectivity index (χ1n) is 5.29. The number of hydrogen-bond acceptors (Lipinski definition) is 5. The molecule has 0 fully saturated rings. The number of benzene rings is 1. The fourth-order valence-electron chi connectivity index (χ4n) is 1.41. The summed E-state index contributed by atoms with van der Waals surface area (Å²) in [6.45, 7) is 0. The molecule has 1 aromatic carbocycles. The number of anilines is 1. The van der Waals surface area contributed by atoms with Crippen LogP contribution >= 0.6 is 11.8 Å². The number of aromatic nitrogens is 2. The summed E-state index contributed by atoms with van der Waals surface area (Å²) in [5.74, 6) is -1.05. The number of hydrogen-bond donors (Lipinski definition) is 2. The number of nitrogens with two attached hydrogens (primary N) is 1. The monoisotopic (exact) mass is 279 g/mol. The average molecular weight is 279 g/mol. The molecule has 2 rings (SSSR count). The number of carbonyl (C=O) groups is 1. The molecule has 0 saturated carbocycles. The van der Waals surface area contributed by atoms with E-state index in [9.17, 15) is 9.18 Å². The van der Waals surface area contributed by atoms with Crippen LogP contribution in [0.1, 0.15) is 15.9 Å². The Morgan fingerprint density at radius 3 is 2.79 bits per heavy atom. The smallest absolute Gasteiger partial charge is 0.335 e. The molecule has 1 heterocycles. The third-order valence-corrected chi connectivity index (χ3v) is 3.39. The minimum Gasteiger partial charge on any atom is -0.478 e. The van der Waals surface area contributed by atoms with E-state index in [1.807, 2.05) is 0 Å². The molecule has 0 aliphatic heterocycles. The van der Waals surface area contributed by atoms with Gasteiger partial charge in [-0.2, -0.15) is 0 Å². The Balaban J connectivity index is 2.17. The van der Waals surface area contributed by atoms with Crippen molar-refractivity contribution in [3.05, 3.63) is 47.5 Å². The summed E-state index contributed by atoms with van der Waals surface area (Å²) in [7, 11) is 0. The lowest BCUT2D eigenvalue weighted by atomic mass is 10.1. The van der Waals surface area contributed by atoms with Crippen molar-refractivity contribution in [2.24, 2.45) is 0 Å². The van der Waals surface area contributed by atoms with Gasteiger partial charge in [0.2, 0.25) is 0 Å². The Morgan fingerprint density at radius 1 is 1.37 bits per heavy atom. The molecule has 0 amide bonds. The van der Waals surface area contributed by atoms with Crippen LogP contribution in [0, 0.1) is 5.82 Å². The maximum absolute atomic E-state index is 13.6. The molecule has 19 heavy (non-hydrogen) atoms. The summed E-state index contributed by atoms with van der Waals surface area (Å²) >= 11 is 1.20. The fourth-order valence-corrected chi connectivity index (χ4v) is 2.26. The van der Waals surface area contributed by atoms with Gasteiger partial charge in [-0.1, -0.05) is 11.8 Å². The van der Waals surface area contributed by atoms with Gasteiger partial charge in [0.15, 0.2) is 5.82 Å². The second-order valence-electron chi connectivity index (χ2n) is 3.65. The van der Waals surface area contributed by atoms with Gasteiger partial charge in [-0.3, -0.25) is 0 Å². The van der Waals surface area contributed by atoms with Crippen molar-refractivity contribution in [3.8, 4) is 0 Å². The lowest BCUT2D eigenvalue weighted by Gasteiger charge is -2.05. The van der Waals surface area contributed by atoms with Crippen molar-refractivity contribution >= 4 is 23.5 Å². The molecule has 3 N–H and O–H groups in total. The van der Waals surface area contributed by atoms with Crippen molar-refractivity contribution in [2.45, 2.75) is 10.8 Å². The zero-order valence-electron chi connectivity index (χ0n) is 9.71. The number of rotatable bonds is 4. The largest absolute Gasteiger partial charge is 0.478 e. The van der Waals surface area contributed by atoms with Crippen LogP contribution in [0.3, 0.4) is 0 Å². The average Bonchev–Trinajstić information content (AvgIpc) is 2.39. The maximum Gasteiger partial charge on any atom is 0.335 e. The number of carboxylic acid groups (broad SMARTS) is 1. The van der Waals surface area contributed by atoms with Gasteiger partial charge in [0.05, 0.1) is 5.56 Å². The van der Waals surface area contributed by atoms with Crippen molar-refractivity contribution in [1.29, 1.82) is 0 Å². The highest BCUT2D eigenvalue weighted by Crippen LogP contribution is 2.25. The molecular weight excluding hydrogens is 269 g/mol. The second kappa shape index (κ2) is 5.66. The zero-order valence-corrected chi connectivity index (χ0v) is 10.5. The predicted octanol–water partition coefficient (Wildman–Crippen LogP) is 2.19. The quantitative estimate of drug-likeness (QED) is 0.834. The molecule has 0 atom stereocenters. The van der Waals surface area contributed by atoms with Gasteiger partial charge in [-0.25, -0.2) is 19.2 Å². The topological polar surface area (TPSA) is 89.1 Å². The van der Waals surface area contributed by atoms with Gasteiger partial charge in [0.1, 0.15) is 10.8 Å². The van der Waals surface area contributed by atoms with Crippen molar-refractivity contribution < 1.29 is 14.3 Å². The van der Waals surface area contributed by atoms with E-state index in [2.05, 4.69) is 9.97 Å². The molecule has 5 nitrogen and oxygen atoms in total. The summed E-state index contributed by atoms with van der Waals surface area (Å²) in [5.41, 5.74) is 5.95. The van der Waals surface area contributed by atoms with Crippen LogP contribution in [0.25, 0.3) is 0 Å². The first-order chi connectivity index (χ1) is 9.08.